The van der Waals surface area contributed by atoms with Crippen LogP contribution in [0.3, 0.4) is 0 Å². The van der Waals surface area contributed by atoms with E-state index in [1.165, 1.54) is 7.11 Å². The van der Waals surface area contributed by atoms with Gasteiger partial charge < -0.3 is 14.2 Å². The van der Waals surface area contributed by atoms with Gasteiger partial charge in [0.1, 0.15) is 5.75 Å². The van der Waals surface area contributed by atoms with E-state index in [1.54, 1.807) is 13.2 Å². The molecule has 0 aliphatic heterocycles. The molecule has 19 heavy (non-hydrogen) atoms. The van der Waals surface area contributed by atoms with Crippen LogP contribution in [-0.4, -0.2) is 26.8 Å². The van der Waals surface area contributed by atoms with Gasteiger partial charge in [-0.05, 0) is 30.2 Å². The lowest BCUT2D eigenvalue weighted by molar-refractivity contribution is -0.136. The average molecular weight is 264 g/mol. The van der Waals surface area contributed by atoms with Gasteiger partial charge in [-0.2, -0.15) is 0 Å². The Balaban J connectivity index is 2.40. The third kappa shape index (κ3) is 5.14. The predicted octanol–water partition coefficient (Wildman–Crippen LogP) is 2.72. The van der Waals surface area contributed by atoms with E-state index in [9.17, 15) is 4.79 Å². The minimum absolute atomic E-state index is 0.296. The molecule has 0 heterocycles. The van der Waals surface area contributed by atoms with Crippen LogP contribution in [0.4, 0.5) is 0 Å². The predicted molar refractivity (Wildman–Crippen MR) is 73.0 cm³/mol. The van der Waals surface area contributed by atoms with Gasteiger partial charge in [-0.15, -0.1) is 0 Å². The lowest BCUT2D eigenvalue weighted by atomic mass is 10.2. The number of carbonyl (C=O) groups excluding carboxylic acids is 1. The summed E-state index contributed by atoms with van der Waals surface area (Å²) in [5.74, 6) is 0.526. The van der Waals surface area contributed by atoms with Crippen LogP contribution < -0.4 is 4.74 Å². The van der Waals surface area contributed by atoms with Gasteiger partial charge in [0.25, 0.3) is 0 Å². The lowest BCUT2D eigenvalue weighted by Gasteiger charge is -2.05. The topological polar surface area (TPSA) is 44.8 Å². The Kier molecular flexibility index (Phi) is 6.68. The molecule has 4 nitrogen and oxygen atoms in total. The maximum atomic E-state index is 11.3. The van der Waals surface area contributed by atoms with E-state index >= 15 is 0 Å². The Hall–Kier alpha value is -1.81. The fourth-order valence-electron chi connectivity index (χ4n) is 1.56. The van der Waals surface area contributed by atoms with Crippen molar-refractivity contribution in [3.63, 3.8) is 0 Å². The van der Waals surface area contributed by atoms with Gasteiger partial charge in [0.2, 0.25) is 0 Å². The zero-order valence-corrected chi connectivity index (χ0v) is 11.6. The highest BCUT2D eigenvalue weighted by molar-refractivity contribution is 5.88. The zero-order chi connectivity index (χ0) is 14.1. The molecule has 4 heteroatoms. The van der Waals surface area contributed by atoms with Crippen molar-refractivity contribution in [2.45, 2.75) is 20.0 Å². The first-order chi connectivity index (χ1) is 9.21. The number of methoxy groups -OCH3 is 2. The zero-order valence-electron chi connectivity index (χ0n) is 11.6. The van der Waals surface area contributed by atoms with E-state index in [1.807, 2.05) is 31.2 Å². The first-order valence-corrected chi connectivity index (χ1v) is 6.19. The number of ether oxygens (including phenoxy) is 3. The van der Waals surface area contributed by atoms with Crippen LogP contribution >= 0.6 is 0 Å². The molecule has 104 valence electrons. The summed E-state index contributed by atoms with van der Waals surface area (Å²) in [7, 11) is 3.01. The van der Waals surface area contributed by atoms with Crippen LogP contribution in [0.25, 0.3) is 0 Å². The minimum atomic E-state index is -0.296. The molecule has 0 aliphatic rings. The molecule has 0 fully saturated rings. The van der Waals surface area contributed by atoms with Crippen molar-refractivity contribution < 1.29 is 19.0 Å². The molecule has 0 saturated heterocycles. The molecular weight excluding hydrogens is 244 g/mol. The third-order valence-electron chi connectivity index (χ3n) is 2.70. The first kappa shape index (κ1) is 15.2. The summed E-state index contributed by atoms with van der Waals surface area (Å²) in [6, 6.07) is 7.67. The maximum Gasteiger partial charge on any atom is 0.333 e. The molecule has 0 aliphatic carbocycles. The summed E-state index contributed by atoms with van der Waals surface area (Å²) in [6.45, 7) is 2.80. The SMILES string of the molecule is CCC(=CCOCc1ccc(OC)cc1)C(=O)OC. The highest BCUT2D eigenvalue weighted by Gasteiger charge is 2.05. The number of esters is 1. The fourth-order valence-corrected chi connectivity index (χ4v) is 1.56. The van der Waals surface area contributed by atoms with Crippen molar-refractivity contribution >= 4 is 5.97 Å². The number of rotatable bonds is 7. The molecule has 0 saturated carbocycles. The van der Waals surface area contributed by atoms with Gasteiger partial charge >= 0.3 is 5.97 Å². The Bertz CT molecular complexity index is 420. The number of carbonyl (C=O) groups is 1. The summed E-state index contributed by atoms with van der Waals surface area (Å²) in [5.41, 5.74) is 1.70. The molecule has 0 amide bonds. The van der Waals surface area contributed by atoms with E-state index in [-0.39, 0.29) is 5.97 Å². The van der Waals surface area contributed by atoms with Crippen LogP contribution in [0.15, 0.2) is 35.9 Å². The monoisotopic (exact) mass is 264 g/mol. The second-order valence-electron chi connectivity index (χ2n) is 3.94. The van der Waals surface area contributed by atoms with Crippen LogP contribution in [-0.2, 0) is 20.9 Å². The molecule has 0 unspecified atom stereocenters. The maximum absolute atomic E-state index is 11.3. The lowest BCUT2D eigenvalue weighted by Crippen LogP contribution is -2.05. The van der Waals surface area contributed by atoms with E-state index in [4.69, 9.17) is 9.47 Å². The van der Waals surface area contributed by atoms with Crippen molar-refractivity contribution in [3.05, 3.63) is 41.5 Å². The van der Waals surface area contributed by atoms with Gasteiger partial charge in [0, 0.05) is 5.57 Å². The van der Waals surface area contributed by atoms with Crippen LogP contribution in [0, 0.1) is 0 Å². The van der Waals surface area contributed by atoms with E-state index in [0.29, 0.717) is 25.2 Å². The van der Waals surface area contributed by atoms with Gasteiger partial charge in [-0.1, -0.05) is 19.1 Å². The first-order valence-electron chi connectivity index (χ1n) is 6.19. The van der Waals surface area contributed by atoms with Crippen molar-refractivity contribution in [3.8, 4) is 5.75 Å². The van der Waals surface area contributed by atoms with Crippen molar-refractivity contribution in [1.82, 2.24) is 0 Å². The van der Waals surface area contributed by atoms with E-state index in [2.05, 4.69) is 4.74 Å². The van der Waals surface area contributed by atoms with Gasteiger partial charge in [-0.3, -0.25) is 0 Å². The summed E-state index contributed by atoms with van der Waals surface area (Å²) in [6.07, 6.45) is 2.40. The number of hydrogen-bond acceptors (Lipinski definition) is 4. The fraction of sp³-hybridized carbons (Fsp3) is 0.400. The van der Waals surface area contributed by atoms with Gasteiger partial charge in [-0.25, -0.2) is 4.79 Å². The van der Waals surface area contributed by atoms with Gasteiger partial charge in [0.15, 0.2) is 0 Å². The van der Waals surface area contributed by atoms with E-state index < -0.39 is 0 Å². The van der Waals surface area contributed by atoms with E-state index in [0.717, 1.165) is 11.3 Å². The molecule has 0 bridgehead atoms. The van der Waals surface area contributed by atoms with Gasteiger partial charge in [0.05, 0.1) is 27.4 Å². The molecule has 0 radical (unpaired) electrons. The molecule has 1 rings (SSSR count). The number of benzene rings is 1. The molecule has 0 aromatic heterocycles. The quantitative estimate of drug-likeness (QED) is 0.431. The largest absolute Gasteiger partial charge is 0.497 e. The van der Waals surface area contributed by atoms with Crippen LogP contribution in [0.2, 0.25) is 0 Å². The Labute approximate surface area is 114 Å². The Morgan fingerprint density at radius 1 is 1.21 bits per heavy atom. The summed E-state index contributed by atoms with van der Waals surface area (Å²) < 4.78 is 15.2. The molecule has 0 spiro atoms. The number of hydrogen-bond donors (Lipinski definition) is 0. The highest BCUT2D eigenvalue weighted by atomic mass is 16.5. The average Bonchev–Trinajstić information content (AvgIpc) is 2.47. The molecular formula is C15H20O4. The smallest absolute Gasteiger partial charge is 0.333 e. The van der Waals surface area contributed by atoms with Crippen molar-refractivity contribution in [2.75, 3.05) is 20.8 Å². The Morgan fingerprint density at radius 3 is 2.42 bits per heavy atom. The van der Waals surface area contributed by atoms with Crippen LogP contribution in [0.1, 0.15) is 18.9 Å². The molecule has 0 N–H and O–H groups in total. The highest BCUT2D eigenvalue weighted by Crippen LogP contribution is 2.12. The summed E-state index contributed by atoms with van der Waals surface area (Å²) in [4.78, 5) is 11.3. The third-order valence-corrected chi connectivity index (χ3v) is 2.70. The van der Waals surface area contributed by atoms with Crippen molar-refractivity contribution in [2.24, 2.45) is 0 Å². The molecule has 1 aromatic carbocycles. The second kappa shape index (κ2) is 8.32. The standard InChI is InChI=1S/C15H20O4/c1-4-13(15(16)18-3)9-10-19-11-12-5-7-14(17-2)8-6-12/h5-9H,4,10-11H2,1-3H3. The summed E-state index contributed by atoms with van der Waals surface area (Å²) >= 11 is 0. The normalized spacial score (nSPS) is 11.2. The minimum Gasteiger partial charge on any atom is -0.497 e. The Morgan fingerprint density at radius 2 is 1.89 bits per heavy atom. The second-order valence-corrected chi connectivity index (χ2v) is 3.94. The summed E-state index contributed by atoms with van der Waals surface area (Å²) in [5, 5.41) is 0. The van der Waals surface area contributed by atoms with Crippen molar-refractivity contribution in [1.29, 1.82) is 0 Å². The molecule has 1 aromatic rings. The molecule has 0 atom stereocenters. The van der Waals surface area contributed by atoms with Crippen LogP contribution in [0.5, 0.6) is 5.75 Å².